The maximum Gasteiger partial charge on any atom is 0.140 e. The minimum Gasteiger partial charge on any atom is -0.488 e. The maximum absolute atomic E-state index is 9.44. The van der Waals surface area contributed by atoms with E-state index in [4.69, 9.17) is 24.3 Å². The lowest BCUT2D eigenvalue weighted by molar-refractivity contribution is -0.115. The zero-order valence-corrected chi connectivity index (χ0v) is 44.0. The molecular weight excluding hydrogens is 883 g/mol. The molecule has 0 spiro atoms. The number of rotatable bonds is 14. The highest BCUT2D eigenvalue weighted by atomic mass is 28.3. The van der Waals surface area contributed by atoms with Gasteiger partial charge in [-0.05, 0) is 123 Å². The molecule has 2 aromatic carbocycles. The predicted molar refractivity (Wildman–Crippen MR) is 279 cm³/mol. The largest absolute Gasteiger partial charge is 0.488 e. The van der Waals surface area contributed by atoms with Crippen molar-refractivity contribution in [3.8, 4) is 22.9 Å². The van der Waals surface area contributed by atoms with Crippen LogP contribution >= 0.6 is 0 Å². The highest BCUT2D eigenvalue weighted by Gasteiger charge is 2.41. The van der Waals surface area contributed by atoms with Gasteiger partial charge in [-0.1, -0.05) is 25.7 Å². The summed E-state index contributed by atoms with van der Waals surface area (Å²) in [4.78, 5) is 39.9. The standard InChI is InChI=1S/C26H38N6O2Si.C24H31N5O.C3H6O/c1-19-16-31(11-10-27-19)24-15-23(28-17-29-24)25-21-14-20(34-26(2)8-9-26)6-7-22(21)30-32(25)18-33-12-13-35(3,4)5;1-16(2)29-10-9-28(14-17(29)3)22-12-21(26-15-27-22)23-20-11-19(30-24(4)7-8-24)6-5-18(20)13-25-23;1-3(2)4/h6-7,14-15,17,19,27H,8-13,16,18H2,1-5H3;5-6,11-12,15-17H,7-10,13-14H2,1-4H3;1-2H3/t19-;17-;/m00./s1. The van der Waals surface area contributed by atoms with E-state index in [1.165, 1.54) is 19.4 Å². The van der Waals surface area contributed by atoms with Crippen LogP contribution in [0.5, 0.6) is 11.5 Å². The Labute approximate surface area is 410 Å². The summed E-state index contributed by atoms with van der Waals surface area (Å²) in [5.74, 6) is 3.91. The fourth-order valence-electron chi connectivity index (χ4n) is 9.02. The zero-order chi connectivity index (χ0) is 49.1. The average Bonchev–Trinajstić information content (AvgIpc) is 4.12. The molecule has 2 atom stereocenters. The summed E-state index contributed by atoms with van der Waals surface area (Å²) in [5, 5.41) is 9.42. The third-order valence-corrected chi connectivity index (χ3v) is 15.2. The molecule has 6 heterocycles. The second-order valence-corrected chi connectivity index (χ2v) is 27.4. The van der Waals surface area contributed by atoms with E-state index in [1.807, 2.05) is 16.8 Å². The zero-order valence-electron chi connectivity index (χ0n) is 43.0. The van der Waals surface area contributed by atoms with Crippen molar-refractivity contribution in [2.24, 2.45) is 4.99 Å². The van der Waals surface area contributed by atoms with Gasteiger partial charge < -0.3 is 34.1 Å². The van der Waals surface area contributed by atoms with Gasteiger partial charge in [-0.2, -0.15) is 5.10 Å². The number of hydrogen-bond donors (Lipinski definition) is 1. The summed E-state index contributed by atoms with van der Waals surface area (Å²) in [5.41, 5.74) is 6.92. The second kappa shape index (κ2) is 21.0. The number of aromatic nitrogens is 6. The molecule has 370 valence electrons. The van der Waals surface area contributed by atoms with Gasteiger partial charge in [-0.3, -0.25) is 9.89 Å². The van der Waals surface area contributed by atoms with E-state index < -0.39 is 8.07 Å². The molecule has 69 heavy (non-hydrogen) atoms. The van der Waals surface area contributed by atoms with Crippen molar-refractivity contribution in [3.63, 3.8) is 0 Å². The second-order valence-electron chi connectivity index (χ2n) is 21.8. The van der Waals surface area contributed by atoms with Crippen molar-refractivity contribution in [2.45, 2.75) is 149 Å². The van der Waals surface area contributed by atoms with Crippen LogP contribution in [-0.4, -0.2) is 129 Å². The number of ketones is 1. The van der Waals surface area contributed by atoms with Crippen LogP contribution in [-0.2, 0) is 22.8 Å². The van der Waals surface area contributed by atoms with Gasteiger partial charge in [0.1, 0.15) is 59.5 Å². The summed E-state index contributed by atoms with van der Waals surface area (Å²) in [6.45, 7) is 31.2. The maximum atomic E-state index is 9.44. The van der Waals surface area contributed by atoms with E-state index in [0.29, 0.717) is 31.4 Å². The molecule has 1 N–H and O–H groups in total. The number of Topliss-reactive ketones (excluding diaryl/α,β-unsaturated/α-hetero) is 1. The lowest BCUT2D eigenvalue weighted by Gasteiger charge is -2.42. The molecule has 16 heteroatoms. The molecule has 2 saturated heterocycles. The van der Waals surface area contributed by atoms with Crippen LogP contribution in [0.25, 0.3) is 22.3 Å². The molecule has 15 nitrogen and oxygen atoms in total. The highest BCUT2D eigenvalue weighted by Crippen LogP contribution is 2.42. The smallest absolute Gasteiger partial charge is 0.140 e. The van der Waals surface area contributed by atoms with Crippen LogP contribution in [0.4, 0.5) is 11.6 Å². The molecule has 2 saturated carbocycles. The van der Waals surface area contributed by atoms with Gasteiger partial charge in [0.15, 0.2) is 0 Å². The number of carbonyl (C=O) groups excluding carboxylic acids is 1. The van der Waals surface area contributed by atoms with Crippen molar-refractivity contribution in [1.29, 1.82) is 0 Å². The van der Waals surface area contributed by atoms with E-state index in [1.54, 1.807) is 12.7 Å². The van der Waals surface area contributed by atoms with Crippen molar-refractivity contribution < 1.29 is 19.0 Å². The molecular formula is C53H75N11O4Si. The number of nitrogens with one attached hydrogen (secondary N) is 1. The lowest BCUT2D eigenvalue weighted by atomic mass is 10.0. The molecule has 5 aromatic rings. The fraction of sp³-hybridized carbons (Fsp3) is 0.566. The molecule has 0 amide bonds. The number of aliphatic imine (C=N–C) groups is 1. The third-order valence-electron chi connectivity index (χ3n) is 13.4. The molecule has 4 fully saturated rings. The summed E-state index contributed by atoms with van der Waals surface area (Å²) in [6, 6.07) is 19.3. The number of anilines is 2. The number of piperazine rings is 2. The molecule has 0 bridgehead atoms. The monoisotopic (exact) mass is 958 g/mol. The Morgan fingerprint density at radius 1 is 0.812 bits per heavy atom. The van der Waals surface area contributed by atoms with Crippen molar-refractivity contribution in [3.05, 3.63) is 78.0 Å². The minimum absolute atomic E-state index is 0.0149. The summed E-state index contributed by atoms with van der Waals surface area (Å²) >= 11 is 0. The van der Waals surface area contributed by atoms with Gasteiger partial charge in [-0.25, -0.2) is 24.6 Å². The van der Waals surface area contributed by atoms with Gasteiger partial charge >= 0.3 is 0 Å². The van der Waals surface area contributed by atoms with Crippen LogP contribution in [0, 0.1) is 0 Å². The molecule has 5 aliphatic rings. The van der Waals surface area contributed by atoms with E-state index in [9.17, 15) is 4.79 Å². The number of benzene rings is 2. The Bertz CT molecular complexity index is 2620. The van der Waals surface area contributed by atoms with Crippen molar-refractivity contribution >= 4 is 42.1 Å². The van der Waals surface area contributed by atoms with Gasteiger partial charge in [-0.15, -0.1) is 0 Å². The molecule has 10 rings (SSSR count). The Morgan fingerprint density at radius 3 is 2.06 bits per heavy atom. The van der Waals surface area contributed by atoms with Gasteiger partial charge in [0.25, 0.3) is 0 Å². The Hall–Kier alpha value is -5.29. The number of ether oxygens (including phenoxy) is 3. The van der Waals surface area contributed by atoms with E-state index >= 15 is 0 Å². The highest BCUT2D eigenvalue weighted by molar-refractivity contribution is 6.76. The quantitative estimate of drug-likeness (QED) is 0.0836. The number of carbonyl (C=O) groups is 1. The Kier molecular flexibility index (Phi) is 15.2. The molecule has 0 radical (unpaired) electrons. The number of nitrogens with zero attached hydrogens (tertiary/aromatic N) is 10. The van der Waals surface area contributed by atoms with Crippen molar-refractivity contribution in [2.75, 3.05) is 55.7 Å². The normalized spacial score (nSPS) is 20.3. The SMILES string of the molecule is CC(C)=O.CC(C)N1CCN(c2cc(C3=NCc4ccc(OC5(C)CC5)cc43)ncn2)C[C@@H]1C.C[C@H]1CN(c2cc(-c3c4cc(OC5(C)CC5)ccc4nn3COCC[Si](C)(C)C)ncn2)CCN1. The molecule has 2 aliphatic carbocycles. The van der Waals surface area contributed by atoms with E-state index in [0.717, 1.165) is 140 Å². The van der Waals surface area contributed by atoms with E-state index in [-0.39, 0.29) is 17.0 Å². The number of fused-ring (bicyclic) bond motifs is 2. The van der Waals surface area contributed by atoms with Crippen molar-refractivity contribution in [1.82, 2.24) is 39.9 Å². The lowest BCUT2D eigenvalue weighted by Crippen LogP contribution is -2.54. The fourth-order valence-corrected chi connectivity index (χ4v) is 9.78. The van der Waals surface area contributed by atoms with Gasteiger partial charge in [0.05, 0.1) is 34.9 Å². The minimum atomic E-state index is -1.16. The van der Waals surface area contributed by atoms with Crippen LogP contribution < -0.4 is 24.6 Å². The average molecular weight is 958 g/mol. The van der Waals surface area contributed by atoms with Crippen LogP contribution in [0.2, 0.25) is 25.7 Å². The molecule has 3 aliphatic heterocycles. The summed E-state index contributed by atoms with van der Waals surface area (Å²) < 4.78 is 20.5. The topological polar surface area (TPSA) is 148 Å². The predicted octanol–water partition coefficient (Wildman–Crippen LogP) is 8.81. The van der Waals surface area contributed by atoms with Crippen LogP contribution in [0.15, 0.2) is 66.2 Å². The molecule has 3 aromatic heterocycles. The first kappa shape index (κ1) is 50.1. The molecule has 0 unspecified atom stereocenters. The number of hydrogen-bond acceptors (Lipinski definition) is 14. The first-order valence-corrected chi connectivity index (χ1v) is 28.8. The van der Waals surface area contributed by atoms with Gasteiger partial charge in [0.2, 0.25) is 0 Å². The summed E-state index contributed by atoms with van der Waals surface area (Å²) in [6.07, 6.45) is 7.79. The first-order chi connectivity index (χ1) is 32.8. The van der Waals surface area contributed by atoms with Crippen LogP contribution in [0.1, 0.15) is 97.9 Å². The van der Waals surface area contributed by atoms with Crippen LogP contribution in [0.3, 0.4) is 0 Å². The third kappa shape index (κ3) is 13.1. The first-order valence-electron chi connectivity index (χ1n) is 25.1. The Morgan fingerprint density at radius 2 is 1.43 bits per heavy atom. The summed E-state index contributed by atoms with van der Waals surface area (Å²) in [7, 11) is -1.16. The van der Waals surface area contributed by atoms with Gasteiger partial charge in [0, 0.05) is 95.2 Å². The Balaban J connectivity index is 0.000000174. The van der Waals surface area contributed by atoms with E-state index in [2.05, 4.69) is 138 Å².